The molecule has 0 amide bonds. The summed E-state index contributed by atoms with van der Waals surface area (Å²) in [5.74, 6) is -0.161. The average Bonchev–Trinajstić information content (AvgIpc) is 2.76. The molecule has 0 aromatic heterocycles. The highest BCUT2D eigenvalue weighted by Gasteiger charge is 2.37. The van der Waals surface area contributed by atoms with Crippen molar-refractivity contribution in [1.82, 2.24) is 5.32 Å². The van der Waals surface area contributed by atoms with Crippen LogP contribution < -0.4 is 5.32 Å². The fraction of sp³-hybridized carbons (Fsp3) is 0.571. The predicted molar refractivity (Wildman–Crippen MR) is 74.2 cm³/mol. The molecule has 100 valence electrons. The van der Waals surface area contributed by atoms with Crippen LogP contribution in [0.1, 0.15) is 25.3 Å². The standard InChI is InChI=1S/C14H19BrFNO/c1-14(6-3-7-18-14)13(17-2)8-10-4-5-11(15)9-12(10)16/h4-5,9,13,17H,3,6-8H2,1-2H3. The lowest BCUT2D eigenvalue weighted by molar-refractivity contribution is -0.00961. The van der Waals surface area contributed by atoms with Crippen molar-refractivity contribution >= 4 is 15.9 Å². The summed E-state index contributed by atoms with van der Waals surface area (Å²) < 4.78 is 20.5. The Balaban J connectivity index is 2.15. The SMILES string of the molecule is CNC(Cc1ccc(Br)cc1F)C1(C)CCCO1. The summed E-state index contributed by atoms with van der Waals surface area (Å²) in [6.45, 7) is 2.91. The Labute approximate surface area is 116 Å². The third kappa shape index (κ3) is 2.92. The van der Waals surface area contributed by atoms with E-state index in [2.05, 4.69) is 28.2 Å². The molecule has 1 saturated heterocycles. The number of hydrogen-bond donors (Lipinski definition) is 1. The molecular formula is C14H19BrFNO. The van der Waals surface area contributed by atoms with Crippen molar-refractivity contribution in [3.8, 4) is 0 Å². The van der Waals surface area contributed by atoms with Gasteiger partial charge in [0.15, 0.2) is 0 Å². The van der Waals surface area contributed by atoms with Crippen molar-refractivity contribution in [1.29, 1.82) is 0 Å². The van der Waals surface area contributed by atoms with Gasteiger partial charge in [-0.15, -0.1) is 0 Å². The van der Waals surface area contributed by atoms with E-state index in [0.29, 0.717) is 6.42 Å². The van der Waals surface area contributed by atoms with Gasteiger partial charge in [0.25, 0.3) is 0 Å². The third-order valence-corrected chi connectivity index (χ3v) is 4.27. The highest BCUT2D eigenvalue weighted by atomic mass is 79.9. The van der Waals surface area contributed by atoms with E-state index in [9.17, 15) is 4.39 Å². The van der Waals surface area contributed by atoms with Gasteiger partial charge in [-0.3, -0.25) is 0 Å². The predicted octanol–water partition coefficient (Wildman–Crippen LogP) is 3.29. The maximum atomic E-state index is 13.9. The molecule has 0 bridgehead atoms. The summed E-state index contributed by atoms with van der Waals surface area (Å²) in [6, 6.07) is 5.36. The van der Waals surface area contributed by atoms with Gasteiger partial charge in [0, 0.05) is 17.1 Å². The number of nitrogens with one attached hydrogen (secondary N) is 1. The fourth-order valence-electron chi connectivity index (χ4n) is 2.61. The van der Waals surface area contributed by atoms with Crippen molar-refractivity contribution < 1.29 is 9.13 Å². The van der Waals surface area contributed by atoms with Crippen LogP contribution in [0.15, 0.2) is 22.7 Å². The van der Waals surface area contributed by atoms with Gasteiger partial charge >= 0.3 is 0 Å². The lowest BCUT2D eigenvalue weighted by atomic mass is 9.88. The first-order valence-corrected chi connectivity index (χ1v) is 7.09. The van der Waals surface area contributed by atoms with E-state index >= 15 is 0 Å². The quantitative estimate of drug-likeness (QED) is 0.920. The third-order valence-electron chi connectivity index (χ3n) is 3.77. The zero-order chi connectivity index (χ0) is 13.2. The Kier molecular flexibility index (Phi) is 4.41. The van der Waals surface area contributed by atoms with Crippen LogP contribution in [0.2, 0.25) is 0 Å². The van der Waals surface area contributed by atoms with E-state index in [-0.39, 0.29) is 17.5 Å². The van der Waals surface area contributed by atoms with Crippen LogP contribution in [-0.4, -0.2) is 25.3 Å². The van der Waals surface area contributed by atoms with Crippen molar-refractivity contribution in [3.05, 3.63) is 34.1 Å². The molecule has 1 aliphatic heterocycles. The fourth-order valence-corrected chi connectivity index (χ4v) is 2.94. The van der Waals surface area contributed by atoms with Crippen molar-refractivity contribution in [2.75, 3.05) is 13.7 Å². The Bertz CT molecular complexity index is 418. The Morgan fingerprint density at radius 3 is 2.89 bits per heavy atom. The number of rotatable bonds is 4. The largest absolute Gasteiger partial charge is 0.374 e. The summed E-state index contributed by atoms with van der Waals surface area (Å²) >= 11 is 3.28. The van der Waals surface area contributed by atoms with Gasteiger partial charge in [0.2, 0.25) is 0 Å². The molecule has 4 heteroatoms. The van der Waals surface area contributed by atoms with Gasteiger partial charge < -0.3 is 10.1 Å². The van der Waals surface area contributed by atoms with Gasteiger partial charge in [-0.2, -0.15) is 0 Å². The van der Waals surface area contributed by atoms with Crippen molar-refractivity contribution in [2.45, 2.75) is 37.8 Å². The first kappa shape index (κ1) is 14.0. The van der Waals surface area contributed by atoms with Crippen LogP contribution in [0.5, 0.6) is 0 Å². The van der Waals surface area contributed by atoms with Crippen LogP contribution in [-0.2, 0) is 11.2 Å². The van der Waals surface area contributed by atoms with E-state index in [1.54, 1.807) is 0 Å². The molecule has 1 heterocycles. The lowest BCUT2D eigenvalue weighted by Crippen LogP contribution is -2.48. The summed E-state index contributed by atoms with van der Waals surface area (Å²) in [7, 11) is 1.91. The monoisotopic (exact) mass is 315 g/mol. The van der Waals surface area contributed by atoms with Gasteiger partial charge in [0.05, 0.1) is 5.60 Å². The minimum Gasteiger partial charge on any atom is -0.374 e. The topological polar surface area (TPSA) is 21.3 Å². The molecule has 1 fully saturated rings. The van der Waals surface area contributed by atoms with E-state index in [1.165, 1.54) is 6.07 Å². The second-order valence-electron chi connectivity index (χ2n) is 5.05. The second-order valence-corrected chi connectivity index (χ2v) is 5.96. The first-order chi connectivity index (χ1) is 8.55. The van der Waals surface area contributed by atoms with Crippen LogP contribution in [0.4, 0.5) is 4.39 Å². The van der Waals surface area contributed by atoms with Gasteiger partial charge in [-0.05, 0) is 50.9 Å². The number of hydrogen-bond acceptors (Lipinski definition) is 2. The first-order valence-electron chi connectivity index (χ1n) is 6.30. The van der Waals surface area contributed by atoms with Gasteiger partial charge in [0.1, 0.15) is 5.82 Å². The minimum absolute atomic E-state index is 0.135. The Hall–Kier alpha value is -0.450. The molecule has 0 radical (unpaired) electrons. The van der Waals surface area contributed by atoms with Crippen LogP contribution in [0, 0.1) is 5.82 Å². The molecule has 2 rings (SSSR count). The smallest absolute Gasteiger partial charge is 0.127 e. The number of ether oxygens (including phenoxy) is 1. The van der Waals surface area contributed by atoms with Gasteiger partial charge in [-0.25, -0.2) is 4.39 Å². The van der Waals surface area contributed by atoms with Crippen molar-refractivity contribution in [3.63, 3.8) is 0 Å². The molecular weight excluding hydrogens is 297 g/mol. The summed E-state index contributed by atoms with van der Waals surface area (Å²) in [5.41, 5.74) is 0.545. The van der Waals surface area contributed by atoms with E-state index in [1.807, 2.05) is 19.2 Å². The highest BCUT2D eigenvalue weighted by molar-refractivity contribution is 9.10. The molecule has 0 aliphatic carbocycles. The molecule has 2 unspecified atom stereocenters. The molecule has 0 spiro atoms. The molecule has 0 saturated carbocycles. The maximum Gasteiger partial charge on any atom is 0.127 e. The number of benzene rings is 1. The average molecular weight is 316 g/mol. The Morgan fingerprint density at radius 1 is 1.56 bits per heavy atom. The number of halogens is 2. The molecule has 2 atom stereocenters. The molecule has 1 N–H and O–H groups in total. The zero-order valence-electron chi connectivity index (χ0n) is 10.8. The Morgan fingerprint density at radius 2 is 2.33 bits per heavy atom. The van der Waals surface area contributed by atoms with E-state index in [4.69, 9.17) is 4.74 Å². The second kappa shape index (κ2) is 5.68. The maximum absolute atomic E-state index is 13.9. The molecule has 18 heavy (non-hydrogen) atoms. The zero-order valence-corrected chi connectivity index (χ0v) is 12.4. The van der Waals surface area contributed by atoms with Crippen LogP contribution >= 0.6 is 15.9 Å². The number of likely N-dealkylation sites (N-methyl/N-ethyl adjacent to an activating group) is 1. The molecule has 1 aromatic rings. The van der Waals surface area contributed by atoms with E-state index < -0.39 is 0 Å². The summed E-state index contributed by atoms with van der Waals surface area (Å²) in [4.78, 5) is 0. The van der Waals surface area contributed by atoms with Crippen LogP contribution in [0.3, 0.4) is 0 Å². The lowest BCUT2D eigenvalue weighted by Gasteiger charge is -2.33. The van der Waals surface area contributed by atoms with Gasteiger partial charge in [-0.1, -0.05) is 22.0 Å². The molecule has 2 nitrogen and oxygen atoms in total. The molecule has 1 aromatic carbocycles. The minimum atomic E-state index is -0.186. The van der Waals surface area contributed by atoms with Crippen molar-refractivity contribution in [2.24, 2.45) is 0 Å². The summed E-state index contributed by atoms with van der Waals surface area (Å²) in [5, 5.41) is 3.27. The normalized spacial score (nSPS) is 25.3. The molecule has 1 aliphatic rings. The highest BCUT2D eigenvalue weighted by Crippen LogP contribution is 2.30. The van der Waals surface area contributed by atoms with Crippen LogP contribution in [0.25, 0.3) is 0 Å². The summed E-state index contributed by atoms with van der Waals surface area (Å²) in [6.07, 6.45) is 2.75. The van der Waals surface area contributed by atoms with E-state index in [0.717, 1.165) is 29.5 Å².